The Bertz CT molecular complexity index is 827. The van der Waals surface area contributed by atoms with Gasteiger partial charge in [-0.15, -0.1) is 0 Å². The summed E-state index contributed by atoms with van der Waals surface area (Å²) in [5, 5.41) is 13.9. The highest BCUT2D eigenvalue weighted by molar-refractivity contribution is 7.11. The Morgan fingerprint density at radius 3 is 2.92 bits per heavy atom. The van der Waals surface area contributed by atoms with Crippen molar-refractivity contribution in [2.75, 3.05) is 11.9 Å². The van der Waals surface area contributed by atoms with E-state index in [2.05, 4.69) is 41.3 Å². The van der Waals surface area contributed by atoms with Crippen LogP contribution in [0.1, 0.15) is 37.3 Å². The number of nitrogens with zero attached hydrogens (tertiary/aromatic N) is 2. The van der Waals surface area contributed by atoms with Crippen LogP contribution in [0.15, 0.2) is 29.9 Å². The van der Waals surface area contributed by atoms with E-state index in [-0.39, 0.29) is 0 Å². The van der Waals surface area contributed by atoms with Gasteiger partial charge in [-0.05, 0) is 44.7 Å². The van der Waals surface area contributed by atoms with Gasteiger partial charge < -0.3 is 20.4 Å². The van der Waals surface area contributed by atoms with Gasteiger partial charge in [-0.2, -0.15) is 0 Å². The maximum atomic E-state index is 7.91. The summed E-state index contributed by atoms with van der Waals surface area (Å²) < 4.78 is 6.25. The first-order valence-corrected chi connectivity index (χ1v) is 9.98. The summed E-state index contributed by atoms with van der Waals surface area (Å²) in [5.41, 5.74) is 4.20. The number of allylic oxidation sites excluding steroid dienone is 1. The van der Waals surface area contributed by atoms with E-state index in [0.29, 0.717) is 17.3 Å². The maximum absolute atomic E-state index is 7.91. The van der Waals surface area contributed by atoms with E-state index < -0.39 is 0 Å². The van der Waals surface area contributed by atoms with Crippen molar-refractivity contribution in [3.63, 3.8) is 0 Å². The van der Waals surface area contributed by atoms with E-state index >= 15 is 0 Å². The normalized spacial score (nSPS) is 19.8. The molecule has 0 saturated heterocycles. The zero-order valence-electron chi connectivity index (χ0n) is 15.2. The van der Waals surface area contributed by atoms with Crippen molar-refractivity contribution in [2.45, 2.75) is 44.7 Å². The number of fused-ring (bicyclic) bond motifs is 1. The molecule has 5 nitrogen and oxygen atoms in total. The first-order valence-electron chi connectivity index (χ1n) is 9.10. The first-order chi connectivity index (χ1) is 12.7. The van der Waals surface area contributed by atoms with Gasteiger partial charge in [-0.25, -0.2) is 4.98 Å². The number of hydrogen-bond acceptors (Lipinski definition) is 6. The van der Waals surface area contributed by atoms with E-state index in [1.165, 1.54) is 41.6 Å². The van der Waals surface area contributed by atoms with Crippen LogP contribution in [-0.2, 0) is 6.42 Å². The summed E-state index contributed by atoms with van der Waals surface area (Å²) in [6, 6.07) is 5.29. The van der Waals surface area contributed by atoms with Gasteiger partial charge in [0.05, 0.1) is 0 Å². The van der Waals surface area contributed by atoms with Crippen molar-refractivity contribution in [3.05, 3.63) is 41.0 Å². The van der Waals surface area contributed by atoms with E-state index in [9.17, 15) is 0 Å². The van der Waals surface area contributed by atoms with Crippen molar-refractivity contribution < 1.29 is 4.74 Å². The average Bonchev–Trinajstić information content (AvgIpc) is 3.34. The van der Waals surface area contributed by atoms with E-state index in [1.807, 2.05) is 11.6 Å². The summed E-state index contributed by atoms with van der Waals surface area (Å²) >= 11 is 1.49. The van der Waals surface area contributed by atoms with Crippen LogP contribution in [-0.4, -0.2) is 30.3 Å². The Labute approximate surface area is 158 Å². The molecule has 0 spiro atoms. The third-order valence-corrected chi connectivity index (χ3v) is 5.85. The summed E-state index contributed by atoms with van der Waals surface area (Å²) in [5.74, 6) is 0.837. The molecular weight excluding hydrogens is 344 g/mol. The Kier molecular flexibility index (Phi) is 4.68. The number of nitrogens with one attached hydrogen (secondary N) is 2. The fraction of sp³-hybridized carbons (Fsp3) is 0.400. The average molecular weight is 369 g/mol. The second kappa shape index (κ2) is 7.11. The third-order valence-electron chi connectivity index (χ3n) is 5.21. The molecule has 2 aliphatic rings. The number of aromatic nitrogens is 1. The van der Waals surface area contributed by atoms with Gasteiger partial charge in [0.15, 0.2) is 0 Å². The predicted molar refractivity (Wildman–Crippen MR) is 108 cm³/mol. The molecule has 0 radical (unpaired) electrons. The standard InChI is InChI=1S/C20H24N4OS/c1-13-3-6-17-18(24(13)2)8-7-16(14(11-21)12-23-15-4-5-15)19(17)25-20-22-9-10-26-20/h7-13,15,21,23H,3-6H2,1-2H3/b14-12+,21-11?. The van der Waals surface area contributed by atoms with Crippen LogP contribution in [0.5, 0.6) is 10.9 Å². The van der Waals surface area contributed by atoms with Gasteiger partial charge >= 0.3 is 0 Å². The second-order valence-corrected chi connectivity index (χ2v) is 7.88. The largest absolute Gasteiger partial charge is 0.430 e. The number of anilines is 1. The molecule has 1 aliphatic heterocycles. The van der Waals surface area contributed by atoms with Gasteiger partial charge in [0, 0.05) is 65.5 Å². The Hall–Kier alpha value is -2.34. The highest BCUT2D eigenvalue weighted by Gasteiger charge is 2.26. The van der Waals surface area contributed by atoms with Crippen molar-refractivity contribution in [3.8, 4) is 10.9 Å². The predicted octanol–water partition coefficient (Wildman–Crippen LogP) is 4.45. The minimum atomic E-state index is 0.510. The molecular formula is C20H24N4OS. The van der Waals surface area contributed by atoms with Gasteiger partial charge in [0.1, 0.15) is 5.75 Å². The monoisotopic (exact) mass is 368 g/mol. The highest BCUT2D eigenvalue weighted by Crippen LogP contribution is 2.42. The number of ether oxygens (including phenoxy) is 1. The lowest BCUT2D eigenvalue weighted by Gasteiger charge is -2.35. The molecule has 1 aromatic heterocycles. The number of hydrogen-bond donors (Lipinski definition) is 2. The molecule has 2 heterocycles. The number of rotatable bonds is 6. The quantitative estimate of drug-likeness (QED) is 0.740. The van der Waals surface area contributed by atoms with E-state index in [4.69, 9.17) is 10.1 Å². The summed E-state index contributed by atoms with van der Waals surface area (Å²) in [7, 11) is 2.14. The highest BCUT2D eigenvalue weighted by atomic mass is 32.1. The Morgan fingerprint density at radius 2 is 2.23 bits per heavy atom. The van der Waals surface area contributed by atoms with E-state index in [0.717, 1.165) is 29.7 Å². The van der Waals surface area contributed by atoms with Crippen LogP contribution >= 0.6 is 11.3 Å². The summed E-state index contributed by atoms with van der Waals surface area (Å²) in [4.78, 5) is 6.61. The molecule has 1 unspecified atom stereocenters. The van der Waals surface area contributed by atoms with Crippen LogP contribution in [0.4, 0.5) is 5.69 Å². The molecule has 0 bridgehead atoms. The van der Waals surface area contributed by atoms with Crippen LogP contribution in [0, 0.1) is 5.41 Å². The molecule has 6 heteroatoms. The van der Waals surface area contributed by atoms with Crippen LogP contribution in [0.2, 0.25) is 0 Å². The summed E-state index contributed by atoms with van der Waals surface area (Å²) in [6.45, 7) is 2.25. The van der Waals surface area contributed by atoms with Crippen LogP contribution in [0.25, 0.3) is 5.57 Å². The molecule has 4 rings (SSSR count). The molecule has 136 valence electrons. The minimum Gasteiger partial charge on any atom is -0.430 e. The topological polar surface area (TPSA) is 61.2 Å². The lowest BCUT2D eigenvalue weighted by Crippen LogP contribution is -2.33. The number of thiazole rings is 1. The minimum absolute atomic E-state index is 0.510. The molecule has 0 amide bonds. The van der Waals surface area contributed by atoms with Gasteiger partial charge in [0.25, 0.3) is 5.19 Å². The number of benzene rings is 1. The van der Waals surface area contributed by atoms with Crippen molar-refractivity contribution in [2.24, 2.45) is 0 Å². The van der Waals surface area contributed by atoms with Gasteiger partial charge in [0.2, 0.25) is 0 Å². The zero-order chi connectivity index (χ0) is 18.1. The second-order valence-electron chi connectivity index (χ2n) is 7.02. The third kappa shape index (κ3) is 3.33. The molecule has 1 saturated carbocycles. The molecule has 2 aromatic rings. The van der Waals surface area contributed by atoms with Crippen molar-refractivity contribution in [1.29, 1.82) is 5.41 Å². The molecule has 1 atom stereocenters. The maximum Gasteiger partial charge on any atom is 0.278 e. The molecule has 1 fully saturated rings. The van der Waals surface area contributed by atoms with Crippen molar-refractivity contribution >= 4 is 28.8 Å². The molecule has 2 N–H and O–H groups in total. The summed E-state index contributed by atoms with van der Waals surface area (Å²) in [6.07, 6.45) is 9.58. The zero-order valence-corrected chi connectivity index (χ0v) is 16.0. The smallest absolute Gasteiger partial charge is 0.278 e. The lowest BCUT2D eigenvalue weighted by molar-refractivity contribution is 0.464. The molecule has 26 heavy (non-hydrogen) atoms. The van der Waals surface area contributed by atoms with Crippen LogP contribution < -0.4 is 15.0 Å². The van der Waals surface area contributed by atoms with Crippen molar-refractivity contribution in [1.82, 2.24) is 10.3 Å². The molecule has 1 aliphatic carbocycles. The lowest BCUT2D eigenvalue weighted by atomic mass is 9.92. The van der Waals surface area contributed by atoms with Crippen LogP contribution in [0.3, 0.4) is 0 Å². The fourth-order valence-corrected chi connectivity index (χ4v) is 3.81. The SMILES string of the molecule is CC1CCc2c(ccc(/C(C=N)=C/NC3CC3)c2Oc2nccs2)N1C. The van der Waals surface area contributed by atoms with Gasteiger partial charge in [-0.3, -0.25) is 0 Å². The fourth-order valence-electron chi connectivity index (χ4n) is 3.32. The van der Waals surface area contributed by atoms with E-state index in [1.54, 1.807) is 6.20 Å². The molecule has 1 aromatic carbocycles. The van der Waals surface area contributed by atoms with Gasteiger partial charge in [-0.1, -0.05) is 11.3 Å². The Morgan fingerprint density at radius 1 is 1.38 bits per heavy atom. The Balaban J connectivity index is 1.79. The first kappa shape index (κ1) is 17.1.